The fourth-order valence-corrected chi connectivity index (χ4v) is 4.63. The van der Waals surface area contributed by atoms with Gasteiger partial charge in [0.05, 0.1) is 13.4 Å². The van der Waals surface area contributed by atoms with Crippen LogP contribution in [0.3, 0.4) is 0 Å². The molecule has 1 fully saturated rings. The number of ketones is 1. The zero-order valence-electron chi connectivity index (χ0n) is 18.7. The molecule has 0 spiro atoms. The lowest BCUT2D eigenvalue weighted by Crippen LogP contribution is -2.41. The highest BCUT2D eigenvalue weighted by atomic mass is 28.4. The Balaban J connectivity index is 2.79. The molecule has 0 unspecified atom stereocenters. The summed E-state index contributed by atoms with van der Waals surface area (Å²) in [4.78, 5) is 12.0. The average Bonchev–Trinajstić information content (AvgIpc) is 2.48. The van der Waals surface area contributed by atoms with Gasteiger partial charge in [0.1, 0.15) is 5.78 Å². The van der Waals surface area contributed by atoms with E-state index in [0.29, 0.717) is 11.8 Å². The second kappa shape index (κ2) is 9.05. The summed E-state index contributed by atoms with van der Waals surface area (Å²) < 4.78 is 11.9. The van der Waals surface area contributed by atoms with Crippen LogP contribution in [0.4, 0.5) is 0 Å². The fraction of sp³-hybridized carbons (Fsp3) is 0.864. The highest BCUT2D eigenvalue weighted by molar-refractivity contribution is 6.74. The van der Waals surface area contributed by atoms with Gasteiger partial charge in [0.2, 0.25) is 0 Å². The molecule has 3 nitrogen and oxygen atoms in total. The van der Waals surface area contributed by atoms with Gasteiger partial charge in [-0.1, -0.05) is 41.0 Å². The highest BCUT2D eigenvalue weighted by Gasteiger charge is 2.38. The zero-order chi connectivity index (χ0) is 20.2. The topological polar surface area (TPSA) is 35.5 Å². The van der Waals surface area contributed by atoms with Gasteiger partial charge in [-0.3, -0.25) is 4.79 Å². The molecule has 0 aromatic rings. The molecule has 0 N–H and O–H groups in total. The summed E-state index contributed by atoms with van der Waals surface area (Å²) in [5.41, 5.74) is 1.13. The lowest BCUT2D eigenvalue weighted by molar-refractivity contribution is -0.125. The van der Waals surface area contributed by atoms with E-state index in [9.17, 15) is 4.79 Å². The fourth-order valence-electron chi connectivity index (χ4n) is 3.57. The second-order valence-electron chi connectivity index (χ2n) is 10.2. The summed E-state index contributed by atoms with van der Waals surface area (Å²) in [5.74, 6) is 1.24. The molecule has 0 aromatic heterocycles. The molecular formula is C22H42O3Si. The third-order valence-electron chi connectivity index (χ3n) is 6.75. The van der Waals surface area contributed by atoms with Gasteiger partial charge in [-0.05, 0) is 68.1 Å². The Hall–Kier alpha value is -0.613. The maximum Gasteiger partial charge on any atom is 0.191 e. The summed E-state index contributed by atoms with van der Waals surface area (Å²) in [7, 11) is 0.0387. The third kappa shape index (κ3) is 6.23. The number of Topliss-reactive ketones (excluding diaryl/α,β-unsaturated/α-hetero) is 1. The van der Waals surface area contributed by atoms with Gasteiger partial charge in [-0.25, -0.2) is 0 Å². The van der Waals surface area contributed by atoms with E-state index in [1.807, 2.05) is 6.26 Å². The molecule has 1 rings (SSSR count). The van der Waals surface area contributed by atoms with Crippen molar-refractivity contribution in [1.82, 2.24) is 0 Å². The molecule has 1 aliphatic carbocycles. The van der Waals surface area contributed by atoms with Gasteiger partial charge >= 0.3 is 0 Å². The molecule has 0 aromatic carbocycles. The Morgan fingerprint density at radius 2 is 1.73 bits per heavy atom. The molecule has 0 heterocycles. The molecule has 26 heavy (non-hydrogen) atoms. The minimum atomic E-state index is -1.70. The van der Waals surface area contributed by atoms with E-state index in [1.165, 1.54) is 18.4 Å². The van der Waals surface area contributed by atoms with Gasteiger partial charge in [0.15, 0.2) is 8.32 Å². The number of ether oxygens (including phenoxy) is 1. The van der Waals surface area contributed by atoms with Gasteiger partial charge in [0.25, 0.3) is 0 Å². The van der Waals surface area contributed by atoms with Crippen molar-refractivity contribution in [3.8, 4) is 0 Å². The van der Waals surface area contributed by atoms with Gasteiger partial charge in [-0.15, -0.1) is 0 Å². The van der Waals surface area contributed by atoms with Crippen molar-refractivity contribution in [2.75, 3.05) is 13.7 Å². The second-order valence-corrected chi connectivity index (χ2v) is 15.0. The van der Waals surface area contributed by atoms with E-state index in [-0.39, 0.29) is 16.2 Å². The molecule has 0 radical (unpaired) electrons. The smallest absolute Gasteiger partial charge is 0.191 e. The molecule has 1 saturated carbocycles. The maximum absolute atomic E-state index is 12.0. The summed E-state index contributed by atoms with van der Waals surface area (Å²) in [6.07, 6.45) is 7.51. The minimum absolute atomic E-state index is 0.249. The predicted molar refractivity (Wildman–Crippen MR) is 113 cm³/mol. The van der Waals surface area contributed by atoms with Crippen molar-refractivity contribution in [3.63, 3.8) is 0 Å². The first-order chi connectivity index (χ1) is 11.8. The van der Waals surface area contributed by atoms with Crippen molar-refractivity contribution >= 4 is 14.1 Å². The lowest BCUT2D eigenvalue weighted by atomic mass is 9.69. The number of allylic oxidation sites excluding steroid dienone is 1. The summed E-state index contributed by atoms with van der Waals surface area (Å²) in [5, 5.41) is 0.249. The summed E-state index contributed by atoms with van der Waals surface area (Å²) in [6.45, 7) is 18.2. The number of rotatable bonds is 8. The number of carbonyl (C=O) groups is 1. The lowest BCUT2D eigenvalue weighted by Gasteiger charge is -2.38. The van der Waals surface area contributed by atoms with Crippen molar-refractivity contribution in [1.29, 1.82) is 0 Å². The molecule has 2 atom stereocenters. The van der Waals surface area contributed by atoms with Crippen LogP contribution in [0.25, 0.3) is 0 Å². The van der Waals surface area contributed by atoms with Crippen LogP contribution < -0.4 is 0 Å². The Kier molecular flexibility index (Phi) is 8.16. The van der Waals surface area contributed by atoms with Crippen LogP contribution in [-0.4, -0.2) is 27.8 Å². The van der Waals surface area contributed by atoms with Crippen LogP contribution in [0.5, 0.6) is 0 Å². The first-order valence-electron chi connectivity index (χ1n) is 10.2. The summed E-state index contributed by atoms with van der Waals surface area (Å²) >= 11 is 0. The molecule has 0 bridgehead atoms. The molecular weight excluding hydrogens is 340 g/mol. The van der Waals surface area contributed by atoms with Crippen LogP contribution in [-0.2, 0) is 14.0 Å². The number of hydrogen-bond donors (Lipinski definition) is 0. The Bertz CT molecular complexity index is 500. The van der Waals surface area contributed by atoms with Gasteiger partial charge < -0.3 is 9.16 Å². The number of carbonyl (C=O) groups excluding carboxylic acids is 1. The van der Waals surface area contributed by atoms with Crippen LogP contribution in [0.2, 0.25) is 18.1 Å². The van der Waals surface area contributed by atoms with E-state index >= 15 is 0 Å². The van der Waals surface area contributed by atoms with Crippen molar-refractivity contribution < 1.29 is 14.0 Å². The van der Waals surface area contributed by atoms with Crippen LogP contribution in [0.15, 0.2) is 11.8 Å². The van der Waals surface area contributed by atoms with E-state index in [0.717, 1.165) is 25.9 Å². The van der Waals surface area contributed by atoms with E-state index in [4.69, 9.17) is 9.16 Å². The average molecular weight is 383 g/mol. The molecule has 0 aliphatic heterocycles. The van der Waals surface area contributed by atoms with Crippen LogP contribution >= 0.6 is 0 Å². The van der Waals surface area contributed by atoms with Crippen molar-refractivity contribution in [2.24, 2.45) is 17.3 Å². The van der Waals surface area contributed by atoms with Crippen molar-refractivity contribution in [3.05, 3.63) is 11.8 Å². The Labute approximate surface area is 163 Å². The normalized spacial score (nSPS) is 24.0. The Morgan fingerprint density at radius 3 is 2.23 bits per heavy atom. The van der Waals surface area contributed by atoms with Gasteiger partial charge in [0, 0.05) is 12.0 Å². The highest BCUT2D eigenvalue weighted by Crippen LogP contribution is 2.43. The van der Waals surface area contributed by atoms with Gasteiger partial charge in [-0.2, -0.15) is 0 Å². The van der Waals surface area contributed by atoms with Crippen molar-refractivity contribution in [2.45, 2.75) is 91.8 Å². The summed E-state index contributed by atoms with van der Waals surface area (Å²) in [6, 6.07) is 0. The number of methoxy groups -OCH3 is 1. The minimum Gasteiger partial charge on any atom is -0.504 e. The zero-order valence-corrected chi connectivity index (χ0v) is 19.7. The van der Waals surface area contributed by atoms with E-state index in [2.05, 4.69) is 47.7 Å². The first-order valence-corrected chi connectivity index (χ1v) is 13.1. The molecule has 152 valence electrons. The quantitative estimate of drug-likeness (QED) is 0.362. The standard InChI is InChI=1S/C22H42O3Si/c1-17(23)22(5,6)15-19-12-10-11-18(20(19)16-24-7)13-14-25-26(8,9)21(2,3)4/h16,18-19H,10-15H2,1-9H3/b20-16-/t18-,19+/m0/s1. The van der Waals surface area contributed by atoms with Crippen LogP contribution in [0, 0.1) is 17.3 Å². The third-order valence-corrected chi connectivity index (χ3v) is 11.3. The SMILES string of the molecule is CO/C=C1/[C@H](CCO[Si](C)(C)C(C)(C)C)CCC[C@@H]1CC(C)(C)C(C)=O. The van der Waals surface area contributed by atoms with E-state index in [1.54, 1.807) is 14.0 Å². The number of hydrogen-bond acceptors (Lipinski definition) is 3. The molecule has 0 amide bonds. The van der Waals surface area contributed by atoms with E-state index < -0.39 is 8.32 Å². The Morgan fingerprint density at radius 1 is 1.15 bits per heavy atom. The molecule has 1 aliphatic rings. The monoisotopic (exact) mass is 382 g/mol. The van der Waals surface area contributed by atoms with Crippen LogP contribution in [0.1, 0.15) is 73.6 Å². The predicted octanol–water partition coefficient (Wildman–Crippen LogP) is 6.35. The molecule has 0 saturated heterocycles. The first kappa shape index (κ1) is 23.4. The molecule has 4 heteroatoms. The maximum atomic E-state index is 12.0. The largest absolute Gasteiger partial charge is 0.504 e.